The maximum atomic E-state index is 12.3. The average Bonchev–Trinajstić information content (AvgIpc) is 2.84. The van der Waals surface area contributed by atoms with Gasteiger partial charge in [0.2, 0.25) is 10.0 Å². The Labute approximate surface area is 118 Å². The first kappa shape index (κ1) is 14.6. The first-order chi connectivity index (χ1) is 8.97. The SMILES string of the molecule is CNc1ccncc1S(=O)(=O)NCC1(C)CCCS1. The van der Waals surface area contributed by atoms with Crippen molar-refractivity contribution in [2.75, 3.05) is 24.7 Å². The molecule has 0 spiro atoms. The third kappa shape index (κ3) is 3.40. The number of sulfonamides is 1. The zero-order valence-corrected chi connectivity index (χ0v) is 12.8. The van der Waals surface area contributed by atoms with Gasteiger partial charge in [0.1, 0.15) is 4.90 Å². The normalized spacial score (nSPS) is 23.5. The molecule has 1 aliphatic rings. The molecule has 1 saturated heterocycles. The van der Waals surface area contributed by atoms with E-state index in [1.54, 1.807) is 19.3 Å². The van der Waals surface area contributed by atoms with Crippen LogP contribution < -0.4 is 10.0 Å². The number of rotatable bonds is 5. The largest absolute Gasteiger partial charge is 0.387 e. The Kier molecular flexibility index (Phi) is 4.37. The summed E-state index contributed by atoms with van der Waals surface area (Å²) < 4.78 is 27.3. The molecular weight excluding hydrogens is 282 g/mol. The summed E-state index contributed by atoms with van der Waals surface area (Å²) in [5.41, 5.74) is 0.562. The molecule has 1 fully saturated rings. The van der Waals surface area contributed by atoms with Crippen LogP contribution in [0.4, 0.5) is 5.69 Å². The molecule has 0 radical (unpaired) electrons. The third-order valence-corrected chi connectivity index (χ3v) is 6.25. The number of hydrogen-bond acceptors (Lipinski definition) is 5. The van der Waals surface area contributed by atoms with Crippen LogP contribution in [0.15, 0.2) is 23.4 Å². The van der Waals surface area contributed by atoms with Gasteiger partial charge in [0.25, 0.3) is 0 Å². The van der Waals surface area contributed by atoms with Crippen LogP contribution in [0.3, 0.4) is 0 Å². The van der Waals surface area contributed by atoms with Gasteiger partial charge in [0.15, 0.2) is 0 Å². The summed E-state index contributed by atoms with van der Waals surface area (Å²) in [5, 5.41) is 2.87. The quantitative estimate of drug-likeness (QED) is 0.866. The van der Waals surface area contributed by atoms with Crippen molar-refractivity contribution >= 4 is 27.5 Å². The molecule has 19 heavy (non-hydrogen) atoms. The molecule has 2 N–H and O–H groups in total. The molecule has 2 heterocycles. The predicted octanol–water partition coefficient (Wildman–Crippen LogP) is 1.69. The number of anilines is 1. The summed E-state index contributed by atoms with van der Waals surface area (Å²) in [6.45, 7) is 2.56. The van der Waals surface area contributed by atoms with E-state index in [2.05, 4.69) is 21.9 Å². The number of hydrogen-bond donors (Lipinski definition) is 2. The van der Waals surface area contributed by atoms with Crippen LogP contribution in [-0.2, 0) is 10.0 Å². The molecule has 2 rings (SSSR count). The number of aromatic nitrogens is 1. The van der Waals surface area contributed by atoms with Crippen molar-refractivity contribution in [3.8, 4) is 0 Å². The fourth-order valence-electron chi connectivity index (χ4n) is 2.10. The average molecular weight is 301 g/mol. The van der Waals surface area contributed by atoms with Crippen LogP contribution in [0.1, 0.15) is 19.8 Å². The van der Waals surface area contributed by atoms with Crippen LogP contribution >= 0.6 is 11.8 Å². The third-order valence-electron chi connectivity index (χ3n) is 3.28. The van der Waals surface area contributed by atoms with Crippen molar-refractivity contribution in [3.63, 3.8) is 0 Å². The minimum Gasteiger partial charge on any atom is -0.387 e. The molecule has 106 valence electrons. The molecule has 0 amide bonds. The number of nitrogens with zero attached hydrogens (tertiary/aromatic N) is 1. The van der Waals surface area contributed by atoms with Gasteiger partial charge >= 0.3 is 0 Å². The Bertz CT molecular complexity index is 540. The fraction of sp³-hybridized carbons (Fsp3) is 0.583. The maximum absolute atomic E-state index is 12.3. The van der Waals surface area contributed by atoms with E-state index in [0.717, 1.165) is 18.6 Å². The Morgan fingerprint density at radius 1 is 1.53 bits per heavy atom. The van der Waals surface area contributed by atoms with E-state index in [0.29, 0.717) is 12.2 Å². The van der Waals surface area contributed by atoms with Crippen molar-refractivity contribution in [2.24, 2.45) is 0 Å². The lowest BCUT2D eigenvalue weighted by atomic mass is 10.1. The zero-order valence-electron chi connectivity index (χ0n) is 11.1. The van der Waals surface area contributed by atoms with Crippen molar-refractivity contribution in [1.29, 1.82) is 0 Å². The summed E-state index contributed by atoms with van der Waals surface area (Å²) in [4.78, 5) is 4.09. The number of thioether (sulfide) groups is 1. The van der Waals surface area contributed by atoms with E-state index in [-0.39, 0.29) is 9.64 Å². The zero-order chi connectivity index (χ0) is 13.9. The molecule has 1 aromatic heterocycles. The predicted molar refractivity (Wildman–Crippen MR) is 79.1 cm³/mol. The lowest BCUT2D eigenvalue weighted by Crippen LogP contribution is -2.37. The van der Waals surface area contributed by atoms with Gasteiger partial charge < -0.3 is 5.32 Å². The highest BCUT2D eigenvalue weighted by Gasteiger charge is 2.31. The Balaban J connectivity index is 2.14. The van der Waals surface area contributed by atoms with Crippen molar-refractivity contribution in [3.05, 3.63) is 18.5 Å². The van der Waals surface area contributed by atoms with E-state index < -0.39 is 10.0 Å². The van der Waals surface area contributed by atoms with E-state index in [4.69, 9.17) is 0 Å². The van der Waals surface area contributed by atoms with Crippen molar-refractivity contribution < 1.29 is 8.42 Å². The van der Waals surface area contributed by atoms with Crippen LogP contribution in [0.2, 0.25) is 0 Å². The Morgan fingerprint density at radius 2 is 2.32 bits per heavy atom. The lowest BCUT2D eigenvalue weighted by Gasteiger charge is -2.23. The summed E-state index contributed by atoms with van der Waals surface area (Å²) in [6, 6.07) is 1.65. The van der Waals surface area contributed by atoms with Gasteiger partial charge in [0.05, 0.1) is 5.69 Å². The second-order valence-corrected chi connectivity index (χ2v) is 8.27. The molecular formula is C12H19N3O2S2. The Morgan fingerprint density at radius 3 is 2.95 bits per heavy atom. The smallest absolute Gasteiger partial charge is 0.244 e. The maximum Gasteiger partial charge on any atom is 0.244 e. The van der Waals surface area contributed by atoms with Crippen molar-refractivity contribution in [2.45, 2.75) is 29.4 Å². The van der Waals surface area contributed by atoms with Gasteiger partial charge in [-0.1, -0.05) is 0 Å². The van der Waals surface area contributed by atoms with E-state index in [9.17, 15) is 8.42 Å². The van der Waals surface area contributed by atoms with Crippen LogP contribution in [-0.4, -0.2) is 37.5 Å². The lowest BCUT2D eigenvalue weighted by molar-refractivity contribution is 0.552. The van der Waals surface area contributed by atoms with Gasteiger partial charge in [-0.2, -0.15) is 11.8 Å². The molecule has 1 unspecified atom stereocenters. The highest BCUT2D eigenvalue weighted by molar-refractivity contribution is 8.01. The fourth-order valence-corrected chi connectivity index (χ4v) is 4.76. The monoisotopic (exact) mass is 301 g/mol. The van der Waals surface area contributed by atoms with Gasteiger partial charge in [-0.3, -0.25) is 4.98 Å². The topological polar surface area (TPSA) is 71.1 Å². The minimum atomic E-state index is -3.52. The highest BCUT2D eigenvalue weighted by Crippen LogP contribution is 2.37. The standard InChI is InChI=1S/C12H19N3O2S2/c1-12(5-3-7-18-12)9-15-19(16,17)11-8-14-6-4-10(11)13-2/h4,6,8,15H,3,5,7,9H2,1-2H3,(H,13,14). The van der Waals surface area contributed by atoms with Crippen LogP contribution in [0.5, 0.6) is 0 Å². The second-order valence-electron chi connectivity index (χ2n) is 4.85. The number of pyridine rings is 1. The molecule has 0 aliphatic carbocycles. The van der Waals surface area contributed by atoms with Crippen LogP contribution in [0.25, 0.3) is 0 Å². The molecule has 1 aromatic rings. The van der Waals surface area contributed by atoms with E-state index in [1.165, 1.54) is 6.20 Å². The molecule has 0 saturated carbocycles. The van der Waals surface area contributed by atoms with E-state index in [1.807, 2.05) is 11.8 Å². The molecule has 0 bridgehead atoms. The van der Waals surface area contributed by atoms with Gasteiger partial charge in [-0.25, -0.2) is 13.1 Å². The van der Waals surface area contributed by atoms with E-state index >= 15 is 0 Å². The summed E-state index contributed by atoms with van der Waals surface area (Å²) in [6.07, 6.45) is 5.14. The summed E-state index contributed by atoms with van der Waals surface area (Å²) in [7, 11) is -1.82. The first-order valence-corrected chi connectivity index (χ1v) is 8.69. The number of nitrogens with one attached hydrogen (secondary N) is 2. The van der Waals surface area contributed by atoms with Gasteiger partial charge in [0, 0.05) is 30.7 Å². The minimum absolute atomic E-state index is 0.00901. The molecule has 1 atom stereocenters. The van der Waals surface area contributed by atoms with Gasteiger partial charge in [-0.15, -0.1) is 0 Å². The summed E-state index contributed by atoms with van der Waals surface area (Å²) >= 11 is 1.83. The molecule has 5 nitrogen and oxygen atoms in total. The van der Waals surface area contributed by atoms with Crippen LogP contribution in [0, 0.1) is 0 Å². The first-order valence-electron chi connectivity index (χ1n) is 6.22. The molecule has 7 heteroatoms. The molecule has 1 aliphatic heterocycles. The highest BCUT2D eigenvalue weighted by atomic mass is 32.2. The summed E-state index contributed by atoms with van der Waals surface area (Å²) in [5.74, 6) is 1.10. The van der Waals surface area contributed by atoms with Crippen molar-refractivity contribution in [1.82, 2.24) is 9.71 Å². The Hall–Kier alpha value is -0.790. The molecule has 0 aromatic carbocycles. The second kappa shape index (κ2) is 5.68. The van der Waals surface area contributed by atoms with Gasteiger partial charge in [-0.05, 0) is 31.6 Å².